The number of benzene rings is 2. The first-order valence-corrected chi connectivity index (χ1v) is 10.9. The Morgan fingerprint density at radius 3 is 2.36 bits per heavy atom. The zero-order valence-electron chi connectivity index (χ0n) is 16.9. The van der Waals surface area contributed by atoms with Gasteiger partial charge in [0.05, 0.1) is 0 Å². The number of anilines is 1. The molecule has 2 heterocycles. The minimum absolute atomic E-state index is 0.466. The summed E-state index contributed by atoms with van der Waals surface area (Å²) in [5, 5.41) is 7.75. The van der Waals surface area contributed by atoms with E-state index in [0.717, 1.165) is 17.3 Å². The van der Waals surface area contributed by atoms with Crippen molar-refractivity contribution in [3.63, 3.8) is 0 Å². The van der Waals surface area contributed by atoms with Gasteiger partial charge in [0, 0.05) is 30.4 Å². The van der Waals surface area contributed by atoms with E-state index in [0.29, 0.717) is 18.1 Å². The van der Waals surface area contributed by atoms with E-state index in [1.165, 1.54) is 48.8 Å². The number of aryl methyl sites for hydroxylation is 2. The largest absolute Gasteiger partial charge is 0.360 e. The minimum atomic E-state index is 0.466. The molecule has 4 rings (SSSR count). The smallest absolute Gasteiger partial charge is 0.171 e. The standard InChI is InChI=1S/C24H31N3S/c1-17-10-12-19(13-11-17)16-27-21-7-5-8-22(27)15-20(14-21)25-24(28)26-23-9-4-3-6-18(23)2/h3-4,6,9-13,20-22H,5,7-8,14-16H2,1-2H3,(H2,25,26,28)/t21-,22-/m1/s1. The monoisotopic (exact) mass is 393 g/mol. The molecule has 2 aromatic carbocycles. The third-order valence-electron chi connectivity index (χ3n) is 6.34. The summed E-state index contributed by atoms with van der Waals surface area (Å²) in [5.41, 5.74) is 5.08. The van der Waals surface area contributed by atoms with Crippen molar-refractivity contribution < 1.29 is 0 Å². The Balaban J connectivity index is 1.37. The first kappa shape index (κ1) is 19.4. The fourth-order valence-electron chi connectivity index (χ4n) is 4.82. The number of hydrogen-bond donors (Lipinski definition) is 2. The van der Waals surface area contributed by atoms with Crippen molar-refractivity contribution in [2.24, 2.45) is 0 Å². The highest BCUT2D eigenvalue weighted by atomic mass is 32.1. The number of nitrogens with one attached hydrogen (secondary N) is 2. The molecule has 4 heteroatoms. The molecule has 2 N–H and O–H groups in total. The number of para-hydroxylation sites is 1. The molecule has 0 unspecified atom stereocenters. The third kappa shape index (κ3) is 4.56. The van der Waals surface area contributed by atoms with Gasteiger partial charge in [0.2, 0.25) is 0 Å². The molecule has 3 nitrogen and oxygen atoms in total. The molecule has 0 aliphatic carbocycles. The Hall–Kier alpha value is -1.91. The molecule has 0 spiro atoms. The van der Waals surface area contributed by atoms with Crippen molar-refractivity contribution in [1.82, 2.24) is 10.2 Å². The summed E-state index contributed by atoms with van der Waals surface area (Å²) in [6.45, 7) is 5.34. The minimum Gasteiger partial charge on any atom is -0.360 e. The number of fused-ring (bicyclic) bond motifs is 2. The van der Waals surface area contributed by atoms with Crippen LogP contribution in [0.4, 0.5) is 5.69 Å². The van der Waals surface area contributed by atoms with E-state index >= 15 is 0 Å². The number of nitrogens with zero attached hydrogens (tertiary/aromatic N) is 1. The van der Waals surface area contributed by atoms with Gasteiger partial charge < -0.3 is 10.6 Å². The Labute approximate surface area is 174 Å². The van der Waals surface area contributed by atoms with Crippen LogP contribution < -0.4 is 10.6 Å². The van der Waals surface area contributed by atoms with Crippen LogP contribution in [0.25, 0.3) is 0 Å². The van der Waals surface area contributed by atoms with E-state index in [-0.39, 0.29) is 0 Å². The molecule has 0 aromatic heterocycles. The normalized spacial score (nSPS) is 24.6. The van der Waals surface area contributed by atoms with Crippen LogP contribution in [0.2, 0.25) is 0 Å². The van der Waals surface area contributed by atoms with Crippen molar-refractivity contribution in [3.8, 4) is 0 Å². The number of rotatable bonds is 4. The fraction of sp³-hybridized carbons (Fsp3) is 0.458. The maximum Gasteiger partial charge on any atom is 0.171 e. The van der Waals surface area contributed by atoms with E-state index in [4.69, 9.17) is 12.2 Å². The van der Waals surface area contributed by atoms with Gasteiger partial charge in [-0.15, -0.1) is 0 Å². The predicted molar refractivity (Wildman–Crippen MR) is 122 cm³/mol. The molecule has 2 aliphatic heterocycles. The summed E-state index contributed by atoms with van der Waals surface area (Å²) in [6.07, 6.45) is 6.32. The Bertz CT molecular complexity index is 803. The van der Waals surface area contributed by atoms with Crippen molar-refractivity contribution >= 4 is 23.0 Å². The summed E-state index contributed by atoms with van der Waals surface area (Å²) in [4.78, 5) is 2.75. The molecule has 28 heavy (non-hydrogen) atoms. The van der Waals surface area contributed by atoms with Crippen molar-refractivity contribution in [1.29, 1.82) is 0 Å². The van der Waals surface area contributed by atoms with Crippen LogP contribution in [-0.4, -0.2) is 28.1 Å². The lowest BCUT2D eigenvalue weighted by Crippen LogP contribution is -2.56. The lowest BCUT2D eigenvalue weighted by molar-refractivity contribution is 0.0212. The van der Waals surface area contributed by atoms with E-state index < -0.39 is 0 Å². The van der Waals surface area contributed by atoms with Crippen LogP contribution in [0.3, 0.4) is 0 Å². The zero-order chi connectivity index (χ0) is 19.5. The molecule has 2 bridgehead atoms. The molecular weight excluding hydrogens is 362 g/mol. The maximum absolute atomic E-state index is 5.62. The van der Waals surface area contributed by atoms with Crippen LogP contribution in [-0.2, 0) is 6.54 Å². The first-order chi connectivity index (χ1) is 13.6. The highest BCUT2D eigenvalue weighted by Crippen LogP contribution is 2.35. The summed E-state index contributed by atoms with van der Waals surface area (Å²) in [5.74, 6) is 0. The molecule has 2 aliphatic rings. The van der Waals surface area contributed by atoms with Crippen molar-refractivity contribution in [3.05, 3.63) is 65.2 Å². The summed E-state index contributed by atoms with van der Waals surface area (Å²) >= 11 is 5.62. The number of hydrogen-bond acceptors (Lipinski definition) is 2. The lowest BCUT2D eigenvalue weighted by Gasteiger charge is -2.49. The molecule has 2 atom stereocenters. The highest BCUT2D eigenvalue weighted by molar-refractivity contribution is 7.80. The topological polar surface area (TPSA) is 27.3 Å². The van der Waals surface area contributed by atoms with E-state index in [9.17, 15) is 0 Å². The zero-order valence-corrected chi connectivity index (χ0v) is 17.8. The van der Waals surface area contributed by atoms with Crippen molar-refractivity contribution in [2.45, 2.75) is 70.6 Å². The van der Waals surface area contributed by atoms with Crippen LogP contribution in [0.1, 0.15) is 48.8 Å². The van der Waals surface area contributed by atoms with Crippen molar-refractivity contribution in [2.75, 3.05) is 5.32 Å². The van der Waals surface area contributed by atoms with Gasteiger partial charge in [-0.2, -0.15) is 0 Å². The Morgan fingerprint density at radius 1 is 1.00 bits per heavy atom. The van der Waals surface area contributed by atoms with Gasteiger partial charge in [0.25, 0.3) is 0 Å². The summed E-state index contributed by atoms with van der Waals surface area (Å²) in [6, 6.07) is 19.1. The molecule has 2 aromatic rings. The fourth-order valence-corrected chi connectivity index (χ4v) is 5.09. The summed E-state index contributed by atoms with van der Waals surface area (Å²) in [7, 11) is 0. The first-order valence-electron chi connectivity index (χ1n) is 10.5. The molecule has 0 radical (unpaired) electrons. The molecule has 0 saturated carbocycles. The SMILES string of the molecule is Cc1ccc(CN2[C@@H]3CCC[C@@H]2CC(NC(=S)Nc2ccccc2C)C3)cc1. The highest BCUT2D eigenvalue weighted by Gasteiger charge is 2.38. The second-order valence-electron chi connectivity index (χ2n) is 8.48. The second kappa shape index (κ2) is 8.62. The molecule has 0 amide bonds. The Morgan fingerprint density at radius 2 is 1.68 bits per heavy atom. The van der Waals surface area contributed by atoms with Gasteiger partial charge in [0.1, 0.15) is 0 Å². The van der Waals surface area contributed by atoms with Gasteiger partial charge >= 0.3 is 0 Å². The van der Waals surface area contributed by atoms with Gasteiger partial charge in [-0.05, 0) is 68.9 Å². The lowest BCUT2D eigenvalue weighted by atomic mass is 9.81. The average molecular weight is 394 g/mol. The van der Waals surface area contributed by atoms with Crippen LogP contribution >= 0.6 is 12.2 Å². The molecule has 2 fully saturated rings. The van der Waals surface area contributed by atoms with Crippen LogP contribution in [0.5, 0.6) is 0 Å². The number of thiocarbonyl (C=S) groups is 1. The van der Waals surface area contributed by atoms with Gasteiger partial charge in [0.15, 0.2) is 5.11 Å². The number of piperidine rings is 2. The summed E-state index contributed by atoms with van der Waals surface area (Å²) < 4.78 is 0. The third-order valence-corrected chi connectivity index (χ3v) is 6.56. The van der Waals surface area contributed by atoms with E-state index in [1.54, 1.807) is 0 Å². The maximum atomic E-state index is 5.62. The average Bonchev–Trinajstić information content (AvgIpc) is 2.66. The van der Waals surface area contributed by atoms with E-state index in [1.807, 2.05) is 6.07 Å². The molecular formula is C24H31N3S. The second-order valence-corrected chi connectivity index (χ2v) is 8.89. The van der Waals surface area contributed by atoms with Crippen LogP contribution in [0.15, 0.2) is 48.5 Å². The molecule has 2 saturated heterocycles. The Kier molecular flexibility index (Phi) is 5.98. The quantitative estimate of drug-likeness (QED) is 0.700. The van der Waals surface area contributed by atoms with E-state index in [2.05, 4.69) is 71.8 Å². The van der Waals surface area contributed by atoms with Gasteiger partial charge in [-0.3, -0.25) is 4.90 Å². The van der Waals surface area contributed by atoms with Crippen LogP contribution in [0, 0.1) is 13.8 Å². The molecule has 148 valence electrons. The predicted octanol–water partition coefficient (Wildman–Crippen LogP) is 5.18. The van der Waals surface area contributed by atoms with Gasteiger partial charge in [-0.1, -0.05) is 54.4 Å². The van der Waals surface area contributed by atoms with Gasteiger partial charge in [-0.25, -0.2) is 0 Å².